The van der Waals surface area contributed by atoms with Gasteiger partial charge >= 0.3 is 0 Å². The number of fused-ring (bicyclic) bond motifs is 1. The summed E-state index contributed by atoms with van der Waals surface area (Å²) in [6.07, 6.45) is 2.27. The minimum absolute atomic E-state index is 0.0237. The maximum atomic E-state index is 13.3. The van der Waals surface area contributed by atoms with Crippen molar-refractivity contribution in [2.75, 3.05) is 6.61 Å². The van der Waals surface area contributed by atoms with Crippen molar-refractivity contribution in [3.05, 3.63) is 88.9 Å². The third-order valence-corrected chi connectivity index (χ3v) is 6.13. The molecule has 3 heterocycles. The predicted molar refractivity (Wildman–Crippen MR) is 124 cm³/mol. The van der Waals surface area contributed by atoms with E-state index in [0.29, 0.717) is 35.7 Å². The van der Waals surface area contributed by atoms with E-state index in [-0.39, 0.29) is 24.0 Å². The van der Waals surface area contributed by atoms with Gasteiger partial charge in [-0.15, -0.1) is 0 Å². The van der Waals surface area contributed by atoms with Gasteiger partial charge in [0.05, 0.1) is 31.0 Å². The van der Waals surface area contributed by atoms with Crippen LogP contribution in [-0.4, -0.2) is 34.4 Å². The maximum absolute atomic E-state index is 13.3. The molecule has 0 aliphatic carbocycles. The van der Waals surface area contributed by atoms with Crippen molar-refractivity contribution < 1.29 is 28.6 Å². The molecular weight excluding hydrogens is 434 g/mol. The van der Waals surface area contributed by atoms with Gasteiger partial charge in [0, 0.05) is 17.5 Å². The molecule has 5 rings (SSSR count). The van der Waals surface area contributed by atoms with E-state index in [1.165, 1.54) is 11.2 Å². The third kappa shape index (κ3) is 3.73. The van der Waals surface area contributed by atoms with Crippen LogP contribution in [0.3, 0.4) is 0 Å². The average Bonchev–Trinajstić information content (AvgIpc) is 3.53. The van der Waals surface area contributed by atoms with E-state index in [1.54, 1.807) is 30.3 Å². The SMILES string of the molecule is CCOc1ccccc1C1/C(=C(\O)c2ccc3c(c2)CC(C)O3)C(=O)C(=O)N1Cc1ccco1. The minimum Gasteiger partial charge on any atom is -0.507 e. The summed E-state index contributed by atoms with van der Waals surface area (Å²) in [5, 5.41) is 11.4. The summed E-state index contributed by atoms with van der Waals surface area (Å²) in [6.45, 7) is 4.33. The van der Waals surface area contributed by atoms with Gasteiger partial charge in [0.1, 0.15) is 29.1 Å². The Labute approximate surface area is 197 Å². The van der Waals surface area contributed by atoms with E-state index < -0.39 is 17.7 Å². The van der Waals surface area contributed by atoms with Gasteiger partial charge in [-0.25, -0.2) is 0 Å². The number of furan rings is 1. The van der Waals surface area contributed by atoms with Gasteiger partial charge in [-0.1, -0.05) is 18.2 Å². The number of nitrogens with zero attached hydrogens (tertiary/aromatic N) is 1. The van der Waals surface area contributed by atoms with Crippen LogP contribution in [0.4, 0.5) is 0 Å². The molecule has 2 aromatic carbocycles. The summed E-state index contributed by atoms with van der Waals surface area (Å²) in [4.78, 5) is 27.9. The normalized spacial score (nSPS) is 20.9. The second-order valence-corrected chi connectivity index (χ2v) is 8.43. The number of para-hydroxylation sites is 1. The lowest BCUT2D eigenvalue weighted by atomic mass is 9.94. The number of aliphatic hydroxyl groups excluding tert-OH is 1. The van der Waals surface area contributed by atoms with Crippen molar-refractivity contribution in [1.29, 1.82) is 0 Å². The summed E-state index contributed by atoms with van der Waals surface area (Å²) < 4.78 is 17.0. The first kappa shape index (κ1) is 21.8. The zero-order valence-electron chi connectivity index (χ0n) is 19.0. The highest BCUT2D eigenvalue weighted by Crippen LogP contribution is 2.44. The van der Waals surface area contributed by atoms with Crippen LogP contribution in [-0.2, 0) is 22.6 Å². The molecule has 7 heteroatoms. The van der Waals surface area contributed by atoms with Gasteiger partial charge < -0.3 is 23.9 Å². The fraction of sp³-hybridized carbons (Fsp3) is 0.259. The Kier molecular flexibility index (Phi) is 5.61. The van der Waals surface area contributed by atoms with Gasteiger partial charge in [0.2, 0.25) is 0 Å². The van der Waals surface area contributed by atoms with Gasteiger partial charge in [0.25, 0.3) is 11.7 Å². The molecule has 2 unspecified atom stereocenters. The Balaban J connectivity index is 1.66. The first-order valence-electron chi connectivity index (χ1n) is 11.3. The molecule has 1 saturated heterocycles. The second-order valence-electron chi connectivity index (χ2n) is 8.43. The van der Waals surface area contributed by atoms with Crippen LogP contribution in [0.5, 0.6) is 11.5 Å². The monoisotopic (exact) mass is 459 g/mol. The van der Waals surface area contributed by atoms with Crippen molar-refractivity contribution in [3.63, 3.8) is 0 Å². The largest absolute Gasteiger partial charge is 0.507 e. The van der Waals surface area contributed by atoms with Crippen LogP contribution in [0.15, 0.2) is 70.9 Å². The fourth-order valence-electron chi connectivity index (χ4n) is 4.66. The molecule has 174 valence electrons. The van der Waals surface area contributed by atoms with Crippen molar-refractivity contribution in [2.45, 2.75) is 39.0 Å². The number of benzene rings is 2. The van der Waals surface area contributed by atoms with E-state index in [9.17, 15) is 14.7 Å². The first-order chi connectivity index (χ1) is 16.5. The molecule has 3 aromatic rings. The van der Waals surface area contributed by atoms with Crippen LogP contribution in [0, 0.1) is 0 Å². The molecule has 0 spiro atoms. The summed E-state index contributed by atoms with van der Waals surface area (Å²) in [6, 6.07) is 15.2. The smallest absolute Gasteiger partial charge is 0.296 e. The number of hydrogen-bond donors (Lipinski definition) is 1. The Morgan fingerprint density at radius 1 is 1.15 bits per heavy atom. The van der Waals surface area contributed by atoms with Crippen molar-refractivity contribution >= 4 is 17.4 Å². The summed E-state index contributed by atoms with van der Waals surface area (Å²) >= 11 is 0. The molecule has 1 aromatic heterocycles. The molecule has 34 heavy (non-hydrogen) atoms. The molecule has 0 saturated carbocycles. The lowest BCUT2D eigenvalue weighted by Crippen LogP contribution is -2.29. The number of likely N-dealkylation sites (tertiary alicyclic amines) is 1. The number of ether oxygens (including phenoxy) is 2. The Bertz CT molecular complexity index is 1280. The zero-order chi connectivity index (χ0) is 23.8. The van der Waals surface area contributed by atoms with Crippen molar-refractivity contribution in [1.82, 2.24) is 4.90 Å². The average molecular weight is 459 g/mol. The van der Waals surface area contributed by atoms with Gasteiger partial charge in [-0.3, -0.25) is 9.59 Å². The Morgan fingerprint density at radius 3 is 2.74 bits per heavy atom. The number of ketones is 1. The van der Waals surface area contributed by atoms with Gasteiger partial charge in [-0.2, -0.15) is 0 Å². The molecule has 2 aliphatic rings. The standard InChI is InChI=1S/C27H25NO6/c1-3-32-22-9-5-4-8-20(22)24-23(26(30)27(31)28(24)15-19-7-6-12-33-19)25(29)17-10-11-21-18(14-17)13-16(2)34-21/h4-12,14,16,24,29H,3,13,15H2,1-2H3/b25-23+. The van der Waals surface area contributed by atoms with Crippen LogP contribution in [0.2, 0.25) is 0 Å². The van der Waals surface area contributed by atoms with E-state index in [0.717, 1.165) is 11.3 Å². The number of hydrogen-bond acceptors (Lipinski definition) is 6. The van der Waals surface area contributed by atoms with Crippen LogP contribution >= 0.6 is 0 Å². The van der Waals surface area contributed by atoms with E-state index in [2.05, 4.69) is 0 Å². The predicted octanol–water partition coefficient (Wildman–Crippen LogP) is 4.62. The quantitative estimate of drug-likeness (QED) is 0.329. The molecule has 7 nitrogen and oxygen atoms in total. The highest BCUT2D eigenvalue weighted by Gasteiger charge is 2.47. The van der Waals surface area contributed by atoms with Crippen molar-refractivity contribution in [2.24, 2.45) is 0 Å². The molecule has 2 atom stereocenters. The molecule has 0 radical (unpaired) electrons. The summed E-state index contributed by atoms with van der Waals surface area (Å²) in [5.41, 5.74) is 2.06. The van der Waals surface area contributed by atoms with E-state index in [1.807, 2.05) is 38.1 Å². The van der Waals surface area contributed by atoms with Crippen LogP contribution in [0.1, 0.15) is 42.3 Å². The number of carbonyl (C=O) groups excluding carboxylic acids is 2. The van der Waals surface area contributed by atoms with Crippen molar-refractivity contribution in [3.8, 4) is 11.5 Å². The lowest BCUT2D eigenvalue weighted by Gasteiger charge is -2.26. The minimum atomic E-state index is -0.837. The first-order valence-corrected chi connectivity index (χ1v) is 11.3. The topological polar surface area (TPSA) is 89.2 Å². The molecule has 2 aliphatic heterocycles. The molecule has 1 fully saturated rings. The fourth-order valence-corrected chi connectivity index (χ4v) is 4.66. The number of carbonyl (C=O) groups is 2. The van der Waals surface area contributed by atoms with Crippen LogP contribution in [0.25, 0.3) is 5.76 Å². The molecule has 1 N–H and O–H groups in total. The van der Waals surface area contributed by atoms with E-state index >= 15 is 0 Å². The zero-order valence-corrected chi connectivity index (χ0v) is 19.0. The molecule has 1 amide bonds. The van der Waals surface area contributed by atoms with E-state index in [4.69, 9.17) is 13.9 Å². The van der Waals surface area contributed by atoms with Gasteiger partial charge in [0.15, 0.2) is 0 Å². The number of rotatable bonds is 6. The van der Waals surface area contributed by atoms with Crippen LogP contribution < -0.4 is 9.47 Å². The molecular formula is C27H25NO6. The number of aliphatic hydroxyl groups is 1. The molecule has 0 bridgehead atoms. The number of amides is 1. The Hall–Kier alpha value is -4.00. The number of Topliss-reactive ketones (excluding diaryl/α,β-unsaturated/α-hetero) is 1. The highest BCUT2D eigenvalue weighted by molar-refractivity contribution is 6.46. The lowest BCUT2D eigenvalue weighted by molar-refractivity contribution is -0.140. The Morgan fingerprint density at radius 2 is 1.97 bits per heavy atom. The summed E-state index contributed by atoms with van der Waals surface area (Å²) in [7, 11) is 0. The highest BCUT2D eigenvalue weighted by atomic mass is 16.5. The third-order valence-electron chi connectivity index (χ3n) is 6.13. The maximum Gasteiger partial charge on any atom is 0.296 e. The summed E-state index contributed by atoms with van der Waals surface area (Å²) in [5.74, 6) is 0.172. The second kappa shape index (κ2) is 8.74. The van der Waals surface area contributed by atoms with Gasteiger partial charge in [-0.05, 0) is 55.8 Å².